The van der Waals surface area contributed by atoms with Crippen LogP contribution in [-0.4, -0.2) is 19.7 Å². The van der Waals surface area contributed by atoms with Gasteiger partial charge in [0.2, 0.25) is 0 Å². The molecule has 0 aliphatic carbocycles. The molecule has 4 rings (SSSR count). The average molecular weight is 355 g/mol. The molecular formula is C17H17N5S2. The van der Waals surface area contributed by atoms with Gasteiger partial charge >= 0.3 is 0 Å². The zero-order chi connectivity index (χ0) is 16.8. The number of nitrogens with one attached hydrogen (secondary N) is 1. The minimum Gasteiger partial charge on any atom is -0.336 e. The highest BCUT2D eigenvalue weighted by Gasteiger charge is 2.28. The highest BCUT2D eigenvalue weighted by molar-refractivity contribution is 7.99. The molecule has 1 aliphatic rings. The van der Waals surface area contributed by atoms with Gasteiger partial charge in [-0.2, -0.15) is 5.10 Å². The van der Waals surface area contributed by atoms with Crippen molar-refractivity contribution in [3.05, 3.63) is 42.0 Å². The third-order valence-electron chi connectivity index (χ3n) is 3.77. The van der Waals surface area contributed by atoms with Crippen LogP contribution in [0.2, 0.25) is 0 Å². The Morgan fingerprint density at radius 1 is 1.38 bits per heavy atom. The first-order valence-corrected chi connectivity index (χ1v) is 9.38. The summed E-state index contributed by atoms with van der Waals surface area (Å²) in [6.45, 7) is 7.83. The number of hydrogen-bond acceptors (Lipinski definition) is 6. The van der Waals surface area contributed by atoms with Crippen molar-refractivity contribution in [2.45, 2.75) is 24.5 Å². The van der Waals surface area contributed by atoms with E-state index in [1.807, 2.05) is 37.8 Å². The highest BCUT2D eigenvalue weighted by Crippen LogP contribution is 2.48. The van der Waals surface area contributed by atoms with Crippen molar-refractivity contribution in [3.63, 3.8) is 0 Å². The smallest absolute Gasteiger partial charge is 0.187 e. The van der Waals surface area contributed by atoms with Gasteiger partial charge in [0.15, 0.2) is 5.13 Å². The van der Waals surface area contributed by atoms with Crippen molar-refractivity contribution in [3.8, 4) is 21.8 Å². The lowest BCUT2D eigenvalue weighted by Gasteiger charge is -2.11. The van der Waals surface area contributed by atoms with Gasteiger partial charge in [0, 0.05) is 36.0 Å². The van der Waals surface area contributed by atoms with E-state index in [4.69, 9.17) is 10.1 Å². The van der Waals surface area contributed by atoms with E-state index < -0.39 is 0 Å². The Morgan fingerprint density at radius 2 is 2.21 bits per heavy atom. The maximum atomic E-state index is 4.76. The number of thiazole rings is 1. The topological polar surface area (TPSA) is 55.6 Å². The molecule has 1 aliphatic heterocycles. The number of aromatic nitrogens is 4. The fourth-order valence-corrected chi connectivity index (χ4v) is 5.15. The molecule has 5 nitrogen and oxygen atoms in total. The zero-order valence-corrected chi connectivity index (χ0v) is 15.4. The van der Waals surface area contributed by atoms with E-state index in [0.29, 0.717) is 0 Å². The Labute approximate surface area is 148 Å². The second-order valence-electron chi connectivity index (χ2n) is 5.83. The second kappa shape index (κ2) is 5.75. The summed E-state index contributed by atoms with van der Waals surface area (Å²) in [7, 11) is 1.99. The lowest BCUT2D eigenvalue weighted by molar-refractivity contribution is 0.778. The van der Waals surface area contributed by atoms with Gasteiger partial charge in [-0.1, -0.05) is 17.9 Å². The monoisotopic (exact) mass is 355 g/mol. The van der Waals surface area contributed by atoms with Crippen LogP contribution in [0.4, 0.5) is 5.13 Å². The van der Waals surface area contributed by atoms with Crippen LogP contribution in [0.5, 0.6) is 0 Å². The summed E-state index contributed by atoms with van der Waals surface area (Å²) in [4.78, 5) is 11.5. The van der Waals surface area contributed by atoms with Crippen LogP contribution in [0.15, 0.2) is 35.5 Å². The lowest BCUT2D eigenvalue weighted by Crippen LogP contribution is -1.98. The van der Waals surface area contributed by atoms with Crippen molar-refractivity contribution >= 4 is 28.2 Å². The zero-order valence-electron chi connectivity index (χ0n) is 13.8. The summed E-state index contributed by atoms with van der Waals surface area (Å²) < 4.78 is 1.96. The van der Waals surface area contributed by atoms with Crippen LogP contribution in [0.1, 0.15) is 18.3 Å². The van der Waals surface area contributed by atoms with Crippen molar-refractivity contribution < 1.29 is 0 Å². The summed E-state index contributed by atoms with van der Waals surface area (Å²) in [5, 5.41) is 8.87. The number of anilines is 1. The number of nitrogens with zero attached hydrogens (tertiary/aromatic N) is 4. The largest absolute Gasteiger partial charge is 0.336 e. The molecule has 122 valence electrons. The SMILES string of the molecule is C=C(C)Nc1nc2c(s1)-c1c(c(-c3ccc(C)nc3)nn1C)SC2. The Morgan fingerprint density at radius 3 is 2.92 bits per heavy atom. The molecule has 0 saturated carbocycles. The Bertz CT molecular complexity index is 937. The molecule has 3 aromatic rings. The van der Waals surface area contributed by atoms with Crippen LogP contribution >= 0.6 is 23.1 Å². The molecule has 4 heterocycles. The van der Waals surface area contributed by atoms with Crippen molar-refractivity contribution in [2.24, 2.45) is 7.05 Å². The molecule has 0 amide bonds. The summed E-state index contributed by atoms with van der Waals surface area (Å²) >= 11 is 3.45. The number of rotatable bonds is 3. The summed E-state index contributed by atoms with van der Waals surface area (Å²) in [5.41, 5.74) is 6.21. The number of pyridine rings is 1. The molecule has 7 heteroatoms. The molecule has 0 fully saturated rings. The van der Waals surface area contributed by atoms with Gasteiger partial charge in [0.25, 0.3) is 0 Å². The first kappa shape index (κ1) is 15.4. The van der Waals surface area contributed by atoms with Crippen molar-refractivity contribution in [1.82, 2.24) is 19.7 Å². The van der Waals surface area contributed by atoms with E-state index >= 15 is 0 Å². The number of aryl methyl sites for hydroxylation is 2. The average Bonchev–Trinajstić information content (AvgIpc) is 3.08. The molecule has 0 bridgehead atoms. The number of thioether (sulfide) groups is 1. The standard InChI is InChI=1S/C17H17N5S2/c1-9(2)19-17-20-12-8-23-16-13(11-6-5-10(3)18-7-11)21-22(4)14(16)15(12)24-17/h5-7H,1,8H2,2-4H3,(H,19,20). The number of hydrogen-bond donors (Lipinski definition) is 1. The number of fused-ring (bicyclic) bond motifs is 3. The molecule has 0 atom stereocenters. The minimum absolute atomic E-state index is 0.856. The Kier molecular flexibility index (Phi) is 3.69. The van der Waals surface area contributed by atoms with E-state index in [2.05, 4.69) is 22.9 Å². The van der Waals surface area contributed by atoms with Gasteiger partial charge < -0.3 is 5.32 Å². The van der Waals surface area contributed by atoms with E-state index in [9.17, 15) is 0 Å². The molecule has 0 saturated heterocycles. The van der Waals surface area contributed by atoms with E-state index in [0.717, 1.165) is 44.9 Å². The lowest BCUT2D eigenvalue weighted by atomic mass is 10.1. The minimum atomic E-state index is 0.856. The quantitative estimate of drug-likeness (QED) is 0.751. The van der Waals surface area contributed by atoms with Crippen LogP contribution in [0, 0.1) is 6.92 Å². The van der Waals surface area contributed by atoms with Crippen LogP contribution < -0.4 is 5.32 Å². The third kappa shape index (κ3) is 2.53. The van der Waals surface area contributed by atoms with E-state index in [1.54, 1.807) is 23.1 Å². The van der Waals surface area contributed by atoms with Crippen LogP contribution in [-0.2, 0) is 12.8 Å². The van der Waals surface area contributed by atoms with Crippen molar-refractivity contribution in [2.75, 3.05) is 5.32 Å². The Hall–Kier alpha value is -2.12. The molecule has 0 aromatic carbocycles. The molecule has 24 heavy (non-hydrogen) atoms. The normalized spacial score (nSPS) is 12.6. The van der Waals surface area contributed by atoms with Gasteiger partial charge in [-0.05, 0) is 26.0 Å². The molecule has 0 radical (unpaired) electrons. The van der Waals surface area contributed by atoms with Gasteiger partial charge in [-0.15, -0.1) is 11.8 Å². The molecule has 3 aromatic heterocycles. The van der Waals surface area contributed by atoms with E-state index in [-0.39, 0.29) is 0 Å². The maximum Gasteiger partial charge on any atom is 0.187 e. The fourth-order valence-electron chi connectivity index (χ4n) is 2.70. The molecule has 0 spiro atoms. The third-order valence-corrected chi connectivity index (χ3v) is 5.89. The van der Waals surface area contributed by atoms with Crippen LogP contribution in [0.25, 0.3) is 21.8 Å². The van der Waals surface area contributed by atoms with Gasteiger partial charge in [0.1, 0.15) is 5.69 Å². The summed E-state index contributed by atoms with van der Waals surface area (Å²) in [6.07, 6.45) is 1.90. The molecule has 0 unspecified atom stereocenters. The molecule has 1 N–H and O–H groups in total. The van der Waals surface area contributed by atoms with Crippen molar-refractivity contribution in [1.29, 1.82) is 0 Å². The summed E-state index contributed by atoms with van der Waals surface area (Å²) in [5.74, 6) is 0.856. The predicted octanol–water partition coefficient (Wildman–Crippen LogP) is 4.47. The maximum absolute atomic E-state index is 4.76. The first-order valence-electron chi connectivity index (χ1n) is 7.58. The number of allylic oxidation sites excluding steroid dienone is 1. The Balaban J connectivity index is 1.82. The van der Waals surface area contributed by atoms with Gasteiger partial charge in [-0.25, -0.2) is 4.98 Å². The first-order chi connectivity index (χ1) is 11.5. The second-order valence-corrected chi connectivity index (χ2v) is 7.81. The molecular weight excluding hydrogens is 338 g/mol. The summed E-state index contributed by atoms with van der Waals surface area (Å²) in [6, 6.07) is 4.11. The highest BCUT2D eigenvalue weighted by atomic mass is 32.2. The van der Waals surface area contributed by atoms with E-state index in [1.165, 1.54) is 9.77 Å². The van der Waals surface area contributed by atoms with Gasteiger partial charge in [0.05, 0.1) is 21.2 Å². The van der Waals surface area contributed by atoms with Gasteiger partial charge in [-0.3, -0.25) is 9.67 Å². The fraction of sp³-hybridized carbons (Fsp3) is 0.235. The van der Waals surface area contributed by atoms with Crippen LogP contribution in [0.3, 0.4) is 0 Å². The predicted molar refractivity (Wildman–Crippen MR) is 100 cm³/mol.